The van der Waals surface area contributed by atoms with Crippen LogP contribution in [0.25, 0.3) is 11.1 Å². The van der Waals surface area contributed by atoms with Gasteiger partial charge in [-0.1, -0.05) is 12.1 Å². The maximum absolute atomic E-state index is 14.2. The Labute approximate surface area is 125 Å². The first-order chi connectivity index (χ1) is 10.5. The van der Waals surface area contributed by atoms with E-state index in [-0.39, 0.29) is 22.4 Å². The molecule has 5 nitrogen and oxygen atoms in total. The number of carboxylic acids is 1. The molecule has 2 aromatic rings. The zero-order chi connectivity index (χ0) is 16.3. The third-order valence-electron chi connectivity index (χ3n) is 3.13. The highest BCUT2D eigenvalue weighted by atomic mass is 19.1. The standard InChI is InChI=1S/C16H13FO5/c1-21-14-8-9(3-6-12(14)15(18)19)11-5-4-10(7-13(11)17)16(20)22-2/h3-8H,1-2H3,(H,18,19). The molecule has 0 unspecified atom stereocenters. The van der Waals surface area contributed by atoms with Crippen molar-refractivity contribution >= 4 is 11.9 Å². The van der Waals surface area contributed by atoms with Gasteiger partial charge in [0.15, 0.2) is 0 Å². The molecule has 114 valence electrons. The molecular weight excluding hydrogens is 291 g/mol. The zero-order valence-corrected chi connectivity index (χ0v) is 11.9. The second-order valence-corrected chi connectivity index (χ2v) is 4.41. The number of carbonyl (C=O) groups excluding carboxylic acids is 1. The molecule has 0 spiro atoms. The molecule has 0 aliphatic rings. The van der Waals surface area contributed by atoms with E-state index in [0.717, 1.165) is 6.07 Å². The molecule has 0 aliphatic carbocycles. The van der Waals surface area contributed by atoms with Crippen LogP contribution in [0.15, 0.2) is 36.4 Å². The van der Waals surface area contributed by atoms with Crippen molar-refractivity contribution < 1.29 is 28.6 Å². The Kier molecular flexibility index (Phi) is 4.41. The number of methoxy groups -OCH3 is 2. The fourth-order valence-corrected chi connectivity index (χ4v) is 2.03. The van der Waals surface area contributed by atoms with Gasteiger partial charge in [0.2, 0.25) is 0 Å². The van der Waals surface area contributed by atoms with Crippen LogP contribution in [0.3, 0.4) is 0 Å². The molecule has 0 saturated carbocycles. The molecule has 0 heterocycles. The van der Waals surface area contributed by atoms with Crippen molar-refractivity contribution in [3.63, 3.8) is 0 Å². The summed E-state index contributed by atoms with van der Waals surface area (Å²) in [5, 5.41) is 9.03. The van der Waals surface area contributed by atoms with E-state index in [1.54, 1.807) is 0 Å². The van der Waals surface area contributed by atoms with Gasteiger partial charge in [-0.2, -0.15) is 0 Å². The Balaban J connectivity index is 2.48. The number of benzene rings is 2. The predicted molar refractivity (Wildman–Crippen MR) is 76.7 cm³/mol. The third kappa shape index (κ3) is 2.90. The Bertz CT molecular complexity index is 739. The van der Waals surface area contributed by atoms with Gasteiger partial charge in [-0.05, 0) is 29.8 Å². The molecule has 0 bridgehead atoms. The van der Waals surface area contributed by atoms with Gasteiger partial charge in [-0.25, -0.2) is 14.0 Å². The Morgan fingerprint density at radius 2 is 1.82 bits per heavy atom. The number of halogens is 1. The van der Waals surface area contributed by atoms with Crippen LogP contribution >= 0.6 is 0 Å². The molecule has 6 heteroatoms. The van der Waals surface area contributed by atoms with E-state index in [1.807, 2.05) is 0 Å². The van der Waals surface area contributed by atoms with Gasteiger partial charge in [0.25, 0.3) is 0 Å². The number of carboxylic acid groups (broad SMARTS) is 1. The summed E-state index contributed by atoms with van der Waals surface area (Å²) in [7, 11) is 2.55. The quantitative estimate of drug-likeness (QED) is 0.879. The van der Waals surface area contributed by atoms with Gasteiger partial charge in [0, 0.05) is 5.56 Å². The fraction of sp³-hybridized carbons (Fsp3) is 0.125. The predicted octanol–water partition coefficient (Wildman–Crippen LogP) is 2.99. The van der Waals surface area contributed by atoms with E-state index in [9.17, 15) is 14.0 Å². The third-order valence-corrected chi connectivity index (χ3v) is 3.13. The van der Waals surface area contributed by atoms with Crippen LogP contribution in [0.2, 0.25) is 0 Å². The smallest absolute Gasteiger partial charge is 0.339 e. The summed E-state index contributed by atoms with van der Waals surface area (Å²) in [6.45, 7) is 0. The van der Waals surface area contributed by atoms with Crippen LogP contribution < -0.4 is 4.74 Å². The van der Waals surface area contributed by atoms with E-state index in [1.165, 1.54) is 44.6 Å². The Morgan fingerprint density at radius 1 is 1.09 bits per heavy atom. The summed E-state index contributed by atoms with van der Waals surface area (Å²) in [5.41, 5.74) is 0.745. The molecular formula is C16H13FO5. The average molecular weight is 304 g/mol. The topological polar surface area (TPSA) is 72.8 Å². The molecule has 0 fully saturated rings. The van der Waals surface area contributed by atoms with Crippen LogP contribution in [-0.4, -0.2) is 31.3 Å². The summed E-state index contributed by atoms with van der Waals surface area (Å²) in [6, 6.07) is 8.17. The SMILES string of the molecule is COC(=O)c1ccc(-c2ccc(C(=O)O)c(OC)c2)c(F)c1. The van der Waals surface area contributed by atoms with Gasteiger partial charge in [-0.3, -0.25) is 0 Å². The lowest BCUT2D eigenvalue weighted by Gasteiger charge is -2.09. The summed E-state index contributed by atoms with van der Waals surface area (Å²) < 4.78 is 23.7. The molecule has 1 N–H and O–H groups in total. The van der Waals surface area contributed by atoms with Gasteiger partial charge in [0.1, 0.15) is 17.1 Å². The summed E-state index contributed by atoms with van der Waals surface area (Å²) in [5.74, 6) is -2.26. The summed E-state index contributed by atoms with van der Waals surface area (Å²) in [6.07, 6.45) is 0. The van der Waals surface area contributed by atoms with E-state index < -0.39 is 17.8 Å². The van der Waals surface area contributed by atoms with Gasteiger partial charge < -0.3 is 14.6 Å². The minimum atomic E-state index is -1.13. The van der Waals surface area contributed by atoms with E-state index in [0.29, 0.717) is 5.56 Å². The van der Waals surface area contributed by atoms with Gasteiger partial charge in [-0.15, -0.1) is 0 Å². The monoisotopic (exact) mass is 304 g/mol. The number of rotatable bonds is 4. The molecule has 22 heavy (non-hydrogen) atoms. The fourth-order valence-electron chi connectivity index (χ4n) is 2.03. The first-order valence-electron chi connectivity index (χ1n) is 6.27. The number of carbonyl (C=O) groups is 2. The van der Waals surface area contributed by atoms with Crippen LogP contribution in [0.1, 0.15) is 20.7 Å². The van der Waals surface area contributed by atoms with Crippen LogP contribution in [0.4, 0.5) is 4.39 Å². The van der Waals surface area contributed by atoms with Crippen LogP contribution in [0, 0.1) is 5.82 Å². The molecule has 0 amide bonds. The van der Waals surface area contributed by atoms with Crippen molar-refractivity contribution in [2.45, 2.75) is 0 Å². The van der Waals surface area contributed by atoms with Crippen LogP contribution in [-0.2, 0) is 4.74 Å². The summed E-state index contributed by atoms with van der Waals surface area (Å²) in [4.78, 5) is 22.4. The first-order valence-corrected chi connectivity index (χ1v) is 6.27. The minimum absolute atomic E-state index is 0.0159. The second-order valence-electron chi connectivity index (χ2n) is 4.41. The van der Waals surface area contributed by atoms with Crippen LogP contribution in [0.5, 0.6) is 5.75 Å². The molecule has 0 radical (unpaired) electrons. The highest BCUT2D eigenvalue weighted by Crippen LogP contribution is 2.29. The van der Waals surface area contributed by atoms with Crippen molar-refractivity contribution in [1.82, 2.24) is 0 Å². The van der Waals surface area contributed by atoms with Crippen molar-refractivity contribution in [3.05, 3.63) is 53.3 Å². The molecule has 2 rings (SSSR count). The lowest BCUT2D eigenvalue weighted by molar-refractivity contribution is 0.0599. The maximum Gasteiger partial charge on any atom is 0.339 e. The number of esters is 1. The number of hydrogen-bond acceptors (Lipinski definition) is 4. The van der Waals surface area contributed by atoms with Crippen molar-refractivity contribution in [2.24, 2.45) is 0 Å². The van der Waals surface area contributed by atoms with Gasteiger partial charge in [0.05, 0.1) is 19.8 Å². The molecule has 0 aliphatic heterocycles. The highest BCUT2D eigenvalue weighted by Gasteiger charge is 2.15. The largest absolute Gasteiger partial charge is 0.496 e. The van der Waals surface area contributed by atoms with E-state index in [4.69, 9.17) is 9.84 Å². The molecule has 2 aromatic carbocycles. The highest BCUT2D eigenvalue weighted by molar-refractivity contribution is 5.92. The van der Waals surface area contributed by atoms with Crippen molar-refractivity contribution in [2.75, 3.05) is 14.2 Å². The zero-order valence-electron chi connectivity index (χ0n) is 11.9. The average Bonchev–Trinajstić information content (AvgIpc) is 2.53. The molecule has 0 aromatic heterocycles. The van der Waals surface area contributed by atoms with Crippen molar-refractivity contribution in [1.29, 1.82) is 0 Å². The van der Waals surface area contributed by atoms with E-state index >= 15 is 0 Å². The van der Waals surface area contributed by atoms with E-state index in [2.05, 4.69) is 4.74 Å². The minimum Gasteiger partial charge on any atom is -0.496 e. The number of aromatic carboxylic acids is 1. The normalized spacial score (nSPS) is 10.1. The Hall–Kier alpha value is -2.89. The first kappa shape index (κ1) is 15.5. The lowest BCUT2D eigenvalue weighted by atomic mass is 10.0. The van der Waals surface area contributed by atoms with Gasteiger partial charge >= 0.3 is 11.9 Å². The molecule has 0 saturated heterocycles. The Morgan fingerprint density at radius 3 is 2.36 bits per heavy atom. The number of ether oxygens (including phenoxy) is 2. The van der Waals surface area contributed by atoms with Crippen molar-refractivity contribution in [3.8, 4) is 16.9 Å². The maximum atomic E-state index is 14.2. The number of hydrogen-bond donors (Lipinski definition) is 1. The second kappa shape index (κ2) is 6.26. The molecule has 0 atom stereocenters. The lowest BCUT2D eigenvalue weighted by Crippen LogP contribution is -2.03. The summed E-state index contributed by atoms with van der Waals surface area (Å²) >= 11 is 0.